The van der Waals surface area contributed by atoms with Crippen LogP contribution in [0.3, 0.4) is 0 Å². The van der Waals surface area contributed by atoms with E-state index >= 15 is 0 Å². The number of ketones is 1. The molecule has 1 aromatic carbocycles. The lowest BCUT2D eigenvalue weighted by Gasteiger charge is -2.03. The minimum absolute atomic E-state index is 0.0173. The number of aryl methyl sites for hydroxylation is 1. The van der Waals surface area contributed by atoms with Crippen LogP contribution >= 0.6 is 15.9 Å². The molecular formula is C11H8BrFN2O. The van der Waals surface area contributed by atoms with Crippen molar-refractivity contribution in [1.82, 2.24) is 9.55 Å². The normalized spacial score (nSPS) is 10.4. The van der Waals surface area contributed by atoms with Crippen LogP contribution in [0.4, 0.5) is 4.39 Å². The summed E-state index contributed by atoms with van der Waals surface area (Å²) in [5.41, 5.74) is 0.0173. The van der Waals surface area contributed by atoms with Crippen LogP contribution in [0.5, 0.6) is 0 Å². The summed E-state index contributed by atoms with van der Waals surface area (Å²) in [6, 6.07) is 4.25. The van der Waals surface area contributed by atoms with Gasteiger partial charge in [-0.05, 0) is 18.2 Å². The molecule has 0 amide bonds. The summed E-state index contributed by atoms with van der Waals surface area (Å²) in [5, 5.41) is 0. The largest absolute Gasteiger partial charge is 0.331 e. The molecule has 0 fully saturated rings. The van der Waals surface area contributed by atoms with Gasteiger partial charge in [0.05, 0.1) is 5.56 Å². The molecule has 1 aromatic heterocycles. The van der Waals surface area contributed by atoms with Gasteiger partial charge >= 0.3 is 0 Å². The Morgan fingerprint density at radius 3 is 2.88 bits per heavy atom. The predicted molar refractivity (Wildman–Crippen MR) is 60.7 cm³/mol. The van der Waals surface area contributed by atoms with E-state index in [4.69, 9.17) is 0 Å². The molecular weight excluding hydrogens is 275 g/mol. The summed E-state index contributed by atoms with van der Waals surface area (Å²) in [6.07, 6.45) is 3.15. The van der Waals surface area contributed by atoms with Crippen LogP contribution in [0.1, 0.15) is 16.2 Å². The predicted octanol–water partition coefficient (Wildman–Crippen LogP) is 2.55. The summed E-state index contributed by atoms with van der Waals surface area (Å²) in [6.45, 7) is 0. The molecule has 0 unspecified atom stereocenters. The third-order valence-electron chi connectivity index (χ3n) is 2.20. The molecule has 0 atom stereocenters. The van der Waals surface area contributed by atoms with E-state index in [1.54, 1.807) is 23.9 Å². The molecule has 0 saturated carbocycles. The lowest BCUT2D eigenvalue weighted by Crippen LogP contribution is -2.10. The molecule has 16 heavy (non-hydrogen) atoms. The number of aromatic nitrogens is 2. The van der Waals surface area contributed by atoms with E-state index in [9.17, 15) is 9.18 Å². The fourth-order valence-electron chi connectivity index (χ4n) is 1.38. The first kappa shape index (κ1) is 11.0. The van der Waals surface area contributed by atoms with Crippen LogP contribution in [0.15, 0.2) is 35.1 Å². The van der Waals surface area contributed by atoms with Gasteiger partial charge in [-0.15, -0.1) is 0 Å². The van der Waals surface area contributed by atoms with Gasteiger partial charge in [-0.25, -0.2) is 9.37 Å². The number of carbonyl (C=O) groups excluding carboxylic acids is 1. The van der Waals surface area contributed by atoms with Crippen molar-refractivity contribution in [3.63, 3.8) is 0 Å². The maximum atomic E-state index is 13.5. The molecule has 1 heterocycles. The van der Waals surface area contributed by atoms with Crippen LogP contribution in [0.25, 0.3) is 0 Å². The summed E-state index contributed by atoms with van der Waals surface area (Å²) in [7, 11) is 1.69. The molecule has 0 N–H and O–H groups in total. The van der Waals surface area contributed by atoms with Gasteiger partial charge in [-0.3, -0.25) is 4.79 Å². The second kappa shape index (κ2) is 4.17. The average Bonchev–Trinajstić information content (AvgIpc) is 2.67. The van der Waals surface area contributed by atoms with Crippen LogP contribution in [0.2, 0.25) is 0 Å². The van der Waals surface area contributed by atoms with E-state index in [2.05, 4.69) is 20.9 Å². The fourth-order valence-corrected chi connectivity index (χ4v) is 1.74. The van der Waals surface area contributed by atoms with Crippen molar-refractivity contribution >= 4 is 21.7 Å². The first-order valence-corrected chi connectivity index (χ1v) is 5.36. The Kier molecular flexibility index (Phi) is 2.87. The van der Waals surface area contributed by atoms with Crippen molar-refractivity contribution in [3.8, 4) is 0 Å². The van der Waals surface area contributed by atoms with E-state index in [0.29, 0.717) is 4.47 Å². The van der Waals surface area contributed by atoms with Gasteiger partial charge in [0.15, 0.2) is 5.82 Å². The Hall–Kier alpha value is -1.49. The number of hydrogen-bond donors (Lipinski definition) is 0. The van der Waals surface area contributed by atoms with E-state index in [-0.39, 0.29) is 11.4 Å². The fraction of sp³-hybridized carbons (Fsp3) is 0.0909. The number of benzene rings is 1. The number of carbonyl (C=O) groups is 1. The van der Waals surface area contributed by atoms with Crippen LogP contribution in [0, 0.1) is 5.82 Å². The zero-order chi connectivity index (χ0) is 11.7. The highest BCUT2D eigenvalue weighted by Gasteiger charge is 2.17. The van der Waals surface area contributed by atoms with Crippen LogP contribution < -0.4 is 0 Å². The number of imidazole rings is 1. The number of hydrogen-bond acceptors (Lipinski definition) is 2. The van der Waals surface area contributed by atoms with Crippen molar-refractivity contribution in [1.29, 1.82) is 0 Å². The molecule has 0 aliphatic heterocycles. The third kappa shape index (κ3) is 1.90. The van der Waals surface area contributed by atoms with E-state index in [1.807, 2.05) is 0 Å². The molecule has 0 spiro atoms. The lowest BCUT2D eigenvalue weighted by molar-refractivity contribution is 0.102. The van der Waals surface area contributed by atoms with Gasteiger partial charge in [0, 0.05) is 23.9 Å². The van der Waals surface area contributed by atoms with Gasteiger partial charge in [0.2, 0.25) is 5.78 Å². The Bertz CT molecular complexity index is 551. The summed E-state index contributed by atoms with van der Waals surface area (Å²) in [5.74, 6) is -0.750. The maximum absolute atomic E-state index is 13.5. The zero-order valence-electron chi connectivity index (χ0n) is 8.45. The molecule has 2 rings (SSSR count). The smallest absolute Gasteiger partial charge is 0.231 e. The Labute approximate surface area is 100 Å². The zero-order valence-corrected chi connectivity index (χ0v) is 10.0. The molecule has 0 saturated heterocycles. The molecule has 0 radical (unpaired) electrons. The lowest BCUT2D eigenvalue weighted by atomic mass is 10.1. The summed E-state index contributed by atoms with van der Waals surface area (Å²) >= 11 is 3.20. The number of halogens is 2. The van der Waals surface area contributed by atoms with E-state index < -0.39 is 11.6 Å². The summed E-state index contributed by atoms with van der Waals surface area (Å²) < 4.78 is 15.7. The average molecular weight is 283 g/mol. The molecule has 5 heteroatoms. The molecule has 82 valence electrons. The third-order valence-corrected chi connectivity index (χ3v) is 2.69. The minimum atomic E-state index is -0.545. The van der Waals surface area contributed by atoms with Crippen molar-refractivity contribution in [3.05, 3.63) is 52.3 Å². The highest BCUT2D eigenvalue weighted by Crippen LogP contribution is 2.18. The van der Waals surface area contributed by atoms with E-state index in [0.717, 1.165) is 0 Å². The second-order valence-corrected chi connectivity index (χ2v) is 4.23. The van der Waals surface area contributed by atoms with Gasteiger partial charge in [-0.2, -0.15) is 0 Å². The molecule has 0 aliphatic carbocycles. The topological polar surface area (TPSA) is 34.9 Å². The molecule has 0 aliphatic rings. The molecule has 3 nitrogen and oxygen atoms in total. The monoisotopic (exact) mass is 282 g/mol. The van der Waals surface area contributed by atoms with Gasteiger partial charge < -0.3 is 4.57 Å². The van der Waals surface area contributed by atoms with Crippen molar-refractivity contribution < 1.29 is 9.18 Å². The minimum Gasteiger partial charge on any atom is -0.331 e. The van der Waals surface area contributed by atoms with Gasteiger partial charge in [0.1, 0.15) is 5.82 Å². The Morgan fingerprint density at radius 1 is 1.50 bits per heavy atom. The van der Waals surface area contributed by atoms with Crippen molar-refractivity contribution in [2.24, 2.45) is 7.05 Å². The highest BCUT2D eigenvalue weighted by molar-refractivity contribution is 9.10. The first-order valence-electron chi connectivity index (χ1n) is 4.56. The van der Waals surface area contributed by atoms with Gasteiger partial charge in [0.25, 0.3) is 0 Å². The first-order chi connectivity index (χ1) is 7.59. The summed E-state index contributed by atoms with van der Waals surface area (Å²) in [4.78, 5) is 15.9. The van der Waals surface area contributed by atoms with E-state index in [1.165, 1.54) is 18.3 Å². The SMILES string of the molecule is Cn1ccnc1C(=O)c1cc(Br)ccc1F. The van der Waals surface area contributed by atoms with Crippen molar-refractivity contribution in [2.45, 2.75) is 0 Å². The van der Waals surface area contributed by atoms with Crippen molar-refractivity contribution in [2.75, 3.05) is 0 Å². The molecule has 0 bridgehead atoms. The van der Waals surface area contributed by atoms with Crippen LogP contribution in [-0.2, 0) is 7.05 Å². The van der Waals surface area contributed by atoms with Crippen LogP contribution in [-0.4, -0.2) is 15.3 Å². The number of rotatable bonds is 2. The molecule has 2 aromatic rings. The Balaban J connectivity index is 2.49. The maximum Gasteiger partial charge on any atom is 0.231 e. The van der Waals surface area contributed by atoms with Gasteiger partial charge in [-0.1, -0.05) is 15.9 Å². The number of nitrogens with zero attached hydrogens (tertiary/aromatic N) is 2. The second-order valence-electron chi connectivity index (χ2n) is 3.32. The highest BCUT2D eigenvalue weighted by atomic mass is 79.9. The Morgan fingerprint density at radius 2 is 2.25 bits per heavy atom. The standard InChI is InChI=1S/C11H8BrFN2O/c1-15-5-4-14-11(15)10(16)8-6-7(12)2-3-9(8)13/h2-6H,1H3. The quantitative estimate of drug-likeness (QED) is 0.794.